The molecule has 15 heavy (non-hydrogen) atoms. The van der Waals surface area contributed by atoms with Gasteiger partial charge in [0.2, 0.25) is 0 Å². The van der Waals surface area contributed by atoms with Gasteiger partial charge < -0.3 is 10.0 Å². The summed E-state index contributed by atoms with van der Waals surface area (Å²) in [5.74, 6) is -0.0798. The third-order valence-electron chi connectivity index (χ3n) is 2.31. The summed E-state index contributed by atoms with van der Waals surface area (Å²) in [6.45, 7) is 0.821. The molecule has 0 bridgehead atoms. The number of hydrogen-bond acceptors (Lipinski definition) is 2. The average molecular weight is 291 g/mol. The van der Waals surface area contributed by atoms with Crippen molar-refractivity contribution in [1.82, 2.24) is 4.90 Å². The number of likely N-dealkylation sites (tertiary alicyclic amines) is 1. The lowest BCUT2D eigenvalue weighted by molar-refractivity contribution is 0.00583. The van der Waals surface area contributed by atoms with Crippen LogP contribution in [-0.2, 0) is 0 Å². The molecule has 1 N–H and O–H groups in total. The Bertz CT molecular complexity index is 404. The average Bonchev–Trinajstić information content (AvgIpc) is 2.12. The van der Waals surface area contributed by atoms with Gasteiger partial charge in [-0.15, -0.1) is 0 Å². The number of nitrogens with zero attached hydrogens (tertiary/aromatic N) is 1. The maximum absolute atomic E-state index is 11.8. The predicted molar refractivity (Wildman–Crippen MR) is 61.1 cm³/mol. The Labute approximate surface area is 101 Å². The second-order valence-electron chi connectivity index (χ2n) is 3.49. The van der Waals surface area contributed by atoms with Crippen molar-refractivity contribution in [3.05, 3.63) is 33.3 Å². The van der Waals surface area contributed by atoms with Gasteiger partial charge >= 0.3 is 0 Å². The van der Waals surface area contributed by atoms with Gasteiger partial charge in [-0.3, -0.25) is 4.79 Å². The molecule has 2 rings (SSSR count). The Balaban J connectivity index is 2.19. The van der Waals surface area contributed by atoms with Crippen LogP contribution >= 0.6 is 27.5 Å². The van der Waals surface area contributed by atoms with Crippen LogP contribution in [0.3, 0.4) is 0 Å². The van der Waals surface area contributed by atoms with Crippen molar-refractivity contribution < 1.29 is 9.90 Å². The number of halogens is 2. The van der Waals surface area contributed by atoms with Crippen molar-refractivity contribution in [3.63, 3.8) is 0 Å². The summed E-state index contributed by atoms with van der Waals surface area (Å²) < 4.78 is 0.682. The fraction of sp³-hybridized carbons (Fsp3) is 0.300. The van der Waals surface area contributed by atoms with Gasteiger partial charge in [-0.25, -0.2) is 0 Å². The molecule has 1 fully saturated rings. The van der Waals surface area contributed by atoms with E-state index in [1.54, 1.807) is 23.1 Å². The monoisotopic (exact) mass is 289 g/mol. The zero-order chi connectivity index (χ0) is 11.0. The van der Waals surface area contributed by atoms with Crippen LogP contribution in [-0.4, -0.2) is 35.1 Å². The SMILES string of the molecule is O=C(c1ccc(Cl)cc1Br)N1CC(O)C1. The van der Waals surface area contributed by atoms with E-state index >= 15 is 0 Å². The maximum atomic E-state index is 11.8. The molecule has 1 aromatic rings. The molecule has 1 amide bonds. The predicted octanol–water partition coefficient (Wildman–Crippen LogP) is 1.92. The lowest BCUT2D eigenvalue weighted by atomic mass is 10.1. The molecule has 0 aliphatic carbocycles. The first kappa shape index (κ1) is 10.9. The number of β-amino-alcohol motifs (C(OH)–C–C–N with tert-alkyl or cyclic N) is 1. The Kier molecular flexibility index (Phi) is 3.00. The van der Waals surface area contributed by atoms with Crippen LogP contribution in [0.25, 0.3) is 0 Å². The van der Waals surface area contributed by atoms with Crippen molar-refractivity contribution in [3.8, 4) is 0 Å². The minimum atomic E-state index is -0.375. The van der Waals surface area contributed by atoms with E-state index in [2.05, 4.69) is 15.9 Å². The number of aliphatic hydroxyl groups is 1. The zero-order valence-electron chi connectivity index (χ0n) is 7.78. The standard InChI is InChI=1S/C10H9BrClNO2/c11-9-3-6(12)1-2-8(9)10(15)13-4-7(14)5-13/h1-3,7,14H,4-5H2. The molecule has 1 saturated heterocycles. The summed E-state index contributed by atoms with van der Waals surface area (Å²) >= 11 is 9.07. The molecule has 0 atom stereocenters. The fourth-order valence-electron chi connectivity index (χ4n) is 1.45. The van der Waals surface area contributed by atoms with Crippen molar-refractivity contribution in [2.24, 2.45) is 0 Å². The molecule has 3 nitrogen and oxygen atoms in total. The Morgan fingerprint density at radius 1 is 1.53 bits per heavy atom. The molecule has 0 aromatic heterocycles. The van der Waals surface area contributed by atoms with Crippen molar-refractivity contribution in [2.45, 2.75) is 6.10 Å². The highest BCUT2D eigenvalue weighted by Gasteiger charge is 2.30. The summed E-state index contributed by atoms with van der Waals surface area (Å²) in [7, 11) is 0. The first-order chi connectivity index (χ1) is 7.08. The van der Waals surface area contributed by atoms with E-state index in [1.807, 2.05) is 0 Å². The number of amides is 1. The van der Waals surface area contributed by atoms with Gasteiger partial charge in [-0.2, -0.15) is 0 Å². The van der Waals surface area contributed by atoms with Gasteiger partial charge in [0.1, 0.15) is 0 Å². The van der Waals surface area contributed by atoms with Crippen LogP contribution in [0.15, 0.2) is 22.7 Å². The molecular weight excluding hydrogens is 281 g/mol. The summed E-state index contributed by atoms with van der Waals surface area (Å²) in [5.41, 5.74) is 0.575. The summed E-state index contributed by atoms with van der Waals surface area (Å²) in [4.78, 5) is 13.4. The number of aliphatic hydroxyl groups excluding tert-OH is 1. The highest BCUT2D eigenvalue weighted by atomic mass is 79.9. The lowest BCUT2D eigenvalue weighted by Gasteiger charge is -2.36. The topological polar surface area (TPSA) is 40.5 Å². The fourth-order valence-corrected chi connectivity index (χ4v) is 2.31. The summed E-state index contributed by atoms with van der Waals surface area (Å²) in [5, 5.41) is 9.69. The van der Waals surface area contributed by atoms with Crippen LogP contribution < -0.4 is 0 Å². The van der Waals surface area contributed by atoms with E-state index in [0.717, 1.165) is 0 Å². The van der Waals surface area contributed by atoms with Crippen LogP contribution in [0.4, 0.5) is 0 Å². The van der Waals surface area contributed by atoms with Gasteiger partial charge in [0.25, 0.3) is 5.91 Å². The third kappa shape index (κ3) is 2.17. The second-order valence-corrected chi connectivity index (χ2v) is 4.78. The van der Waals surface area contributed by atoms with Crippen molar-refractivity contribution in [1.29, 1.82) is 0 Å². The quantitative estimate of drug-likeness (QED) is 0.858. The van der Waals surface area contributed by atoms with E-state index in [0.29, 0.717) is 28.1 Å². The van der Waals surface area contributed by atoms with E-state index in [9.17, 15) is 4.79 Å². The highest BCUT2D eigenvalue weighted by Crippen LogP contribution is 2.24. The van der Waals surface area contributed by atoms with Crippen LogP contribution in [0.2, 0.25) is 5.02 Å². The molecule has 5 heteroatoms. The number of benzene rings is 1. The Morgan fingerprint density at radius 2 is 2.20 bits per heavy atom. The van der Waals surface area contributed by atoms with E-state index in [1.165, 1.54) is 0 Å². The highest BCUT2D eigenvalue weighted by molar-refractivity contribution is 9.10. The lowest BCUT2D eigenvalue weighted by Crippen LogP contribution is -2.53. The van der Waals surface area contributed by atoms with Crippen LogP contribution in [0, 0.1) is 0 Å². The molecule has 0 spiro atoms. The largest absolute Gasteiger partial charge is 0.389 e. The van der Waals surface area contributed by atoms with Crippen LogP contribution in [0.1, 0.15) is 10.4 Å². The number of hydrogen-bond donors (Lipinski definition) is 1. The zero-order valence-corrected chi connectivity index (χ0v) is 10.1. The van der Waals surface area contributed by atoms with E-state index in [4.69, 9.17) is 16.7 Å². The first-order valence-electron chi connectivity index (χ1n) is 4.50. The number of carbonyl (C=O) groups is 1. The van der Waals surface area contributed by atoms with Crippen LogP contribution in [0.5, 0.6) is 0 Å². The van der Waals surface area contributed by atoms with Gasteiger partial charge in [-0.1, -0.05) is 11.6 Å². The molecule has 80 valence electrons. The minimum absolute atomic E-state index is 0.0798. The van der Waals surface area contributed by atoms with Gasteiger partial charge in [-0.05, 0) is 34.1 Å². The molecule has 1 heterocycles. The maximum Gasteiger partial charge on any atom is 0.255 e. The third-order valence-corrected chi connectivity index (χ3v) is 3.20. The molecule has 0 radical (unpaired) electrons. The molecule has 0 unspecified atom stereocenters. The number of rotatable bonds is 1. The molecule has 1 aromatic carbocycles. The first-order valence-corrected chi connectivity index (χ1v) is 5.67. The smallest absolute Gasteiger partial charge is 0.255 e. The molecule has 1 aliphatic heterocycles. The second kappa shape index (κ2) is 4.12. The van der Waals surface area contributed by atoms with Gasteiger partial charge in [0, 0.05) is 22.6 Å². The summed E-state index contributed by atoms with van der Waals surface area (Å²) in [6.07, 6.45) is -0.375. The Hall–Kier alpha value is -0.580. The van der Waals surface area contributed by atoms with E-state index < -0.39 is 0 Å². The van der Waals surface area contributed by atoms with Crippen molar-refractivity contribution in [2.75, 3.05) is 13.1 Å². The minimum Gasteiger partial charge on any atom is -0.389 e. The Morgan fingerprint density at radius 3 is 2.73 bits per heavy atom. The molecule has 0 saturated carbocycles. The normalized spacial score (nSPS) is 16.3. The van der Waals surface area contributed by atoms with Gasteiger partial charge in [0.15, 0.2) is 0 Å². The molecule has 1 aliphatic rings. The van der Waals surface area contributed by atoms with Crippen molar-refractivity contribution >= 4 is 33.4 Å². The van der Waals surface area contributed by atoms with Gasteiger partial charge in [0.05, 0.1) is 11.7 Å². The van der Waals surface area contributed by atoms with E-state index in [-0.39, 0.29) is 12.0 Å². The number of carbonyl (C=O) groups excluding carboxylic acids is 1. The summed E-state index contributed by atoms with van der Waals surface area (Å²) in [6, 6.07) is 5.04. The molecular formula is C10H9BrClNO2.